The quantitative estimate of drug-likeness (QED) is 0.779. The molecule has 0 fully saturated rings. The van der Waals surface area contributed by atoms with E-state index < -0.39 is 0 Å². The molecule has 1 unspecified atom stereocenters. The topological polar surface area (TPSA) is 58.6 Å². The van der Waals surface area contributed by atoms with E-state index in [4.69, 9.17) is 9.84 Å². The van der Waals surface area contributed by atoms with Crippen molar-refractivity contribution in [3.8, 4) is 5.75 Å². The Morgan fingerprint density at radius 1 is 1.42 bits per heavy atom. The van der Waals surface area contributed by atoms with Gasteiger partial charge in [-0.1, -0.05) is 29.8 Å². The van der Waals surface area contributed by atoms with Crippen molar-refractivity contribution in [3.63, 3.8) is 0 Å². The van der Waals surface area contributed by atoms with E-state index in [-0.39, 0.29) is 31.1 Å². The van der Waals surface area contributed by atoms with Gasteiger partial charge in [0.05, 0.1) is 17.1 Å². The molecular formula is C13H17Br2NO3. The Morgan fingerprint density at radius 2 is 2.11 bits per heavy atom. The van der Waals surface area contributed by atoms with Crippen LogP contribution in [0.25, 0.3) is 0 Å². The number of hydrogen-bond donors (Lipinski definition) is 2. The highest BCUT2D eigenvalue weighted by atomic mass is 79.9. The number of nitrogens with one attached hydrogen (secondary N) is 1. The van der Waals surface area contributed by atoms with Gasteiger partial charge in [0, 0.05) is 4.47 Å². The maximum absolute atomic E-state index is 11.7. The molecule has 0 aromatic heterocycles. The number of benzene rings is 1. The lowest BCUT2D eigenvalue weighted by atomic mass is 10.1. The summed E-state index contributed by atoms with van der Waals surface area (Å²) in [4.78, 5) is 11.7. The van der Waals surface area contributed by atoms with E-state index in [9.17, 15) is 4.79 Å². The predicted molar refractivity (Wildman–Crippen MR) is 81.2 cm³/mol. The van der Waals surface area contributed by atoms with Crippen LogP contribution in [0.15, 0.2) is 27.1 Å². The van der Waals surface area contributed by atoms with Gasteiger partial charge in [0.2, 0.25) is 0 Å². The monoisotopic (exact) mass is 393 g/mol. The first kappa shape index (κ1) is 16.5. The minimum absolute atomic E-state index is 0.0780. The SMILES string of the molecule is CC(C)C(CO)NC(=O)COc1ccc(Br)cc1Br. The van der Waals surface area contributed by atoms with Crippen LogP contribution >= 0.6 is 31.9 Å². The highest BCUT2D eigenvalue weighted by molar-refractivity contribution is 9.11. The van der Waals surface area contributed by atoms with Gasteiger partial charge >= 0.3 is 0 Å². The van der Waals surface area contributed by atoms with Gasteiger partial charge in [-0.3, -0.25) is 4.79 Å². The first-order valence-corrected chi connectivity index (χ1v) is 7.50. The third-order valence-electron chi connectivity index (χ3n) is 2.60. The number of aliphatic hydroxyl groups is 1. The molecule has 0 aliphatic carbocycles. The van der Waals surface area contributed by atoms with Crippen LogP contribution in [0.2, 0.25) is 0 Å². The molecule has 6 heteroatoms. The molecule has 0 bridgehead atoms. The van der Waals surface area contributed by atoms with Crippen molar-refractivity contribution in [2.45, 2.75) is 19.9 Å². The summed E-state index contributed by atoms with van der Waals surface area (Å²) in [5.74, 6) is 0.527. The molecule has 1 atom stereocenters. The lowest BCUT2D eigenvalue weighted by molar-refractivity contribution is -0.124. The van der Waals surface area contributed by atoms with Crippen molar-refractivity contribution in [1.82, 2.24) is 5.32 Å². The number of hydrogen-bond acceptors (Lipinski definition) is 3. The number of halogens is 2. The summed E-state index contributed by atoms with van der Waals surface area (Å²) < 4.78 is 7.12. The molecular weight excluding hydrogens is 378 g/mol. The highest BCUT2D eigenvalue weighted by Crippen LogP contribution is 2.28. The predicted octanol–water partition coefficient (Wildman–Crippen LogP) is 2.72. The van der Waals surface area contributed by atoms with Gasteiger partial charge < -0.3 is 15.2 Å². The average molecular weight is 395 g/mol. The second-order valence-corrected chi connectivity index (χ2v) is 6.23. The van der Waals surface area contributed by atoms with Crippen molar-refractivity contribution >= 4 is 37.8 Å². The molecule has 0 spiro atoms. The largest absolute Gasteiger partial charge is 0.483 e. The molecule has 0 aliphatic rings. The maximum Gasteiger partial charge on any atom is 0.258 e. The van der Waals surface area contributed by atoms with E-state index in [0.717, 1.165) is 8.95 Å². The van der Waals surface area contributed by atoms with Gasteiger partial charge in [0.15, 0.2) is 6.61 Å². The van der Waals surface area contributed by atoms with Crippen molar-refractivity contribution in [2.75, 3.05) is 13.2 Å². The Balaban J connectivity index is 2.50. The molecule has 106 valence electrons. The summed E-state index contributed by atoms with van der Waals surface area (Å²) in [7, 11) is 0. The van der Waals surface area contributed by atoms with Gasteiger partial charge in [-0.25, -0.2) is 0 Å². The molecule has 2 N–H and O–H groups in total. The second-order valence-electron chi connectivity index (χ2n) is 4.46. The van der Waals surface area contributed by atoms with Crippen molar-refractivity contribution in [2.24, 2.45) is 5.92 Å². The maximum atomic E-state index is 11.7. The minimum atomic E-state index is -0.248. The molecule has 0 saturated carbocycles. The van der Waals surface area contributed by atoms with E-state index in [1.807, 2.05) is 26.0 Å². The van der Waals surface area contributed by atoms with Crippen LogP contribution < -0.4 is 10.1 Å². The van der Waals surface area contributed by atoms with Gasteiger partial charge in [-0.2, -0.15) is 0 Å². The Hall–Kier alpha value is -0.590. The molecule has 1 rings (SSSR count). The Kier molecular flexibility index (Phi) is 6.82. The molecule has 1 amide bonds. The van der Waals surface area contributed by atoms with Crippen LogP contribution in [-0.2, 0) is 4.79 Å². The summed E-state index contributed by atoms with van der Waals surface area (Å²) in [6.07, 6.45) is 0. The molecule has 4 nitrogen and oxygen atoms in total. The first-order valence-electron chi connectivity index (χ1n) is 5.92. The van der Waals surface area contributed by atoms with Crippen LogP contribution in [0.3, 0.4) is 0 Å². The molecule has 1 aromatic rings. The standard InChI is InChI=1S/C13H17Br2NO3/c1-8(2)11(6-17)16-13(18)7-19-12-4-3-9(14)5-10(12)15/h3-5,8,11,17H,6-7H2,1-2H3,(H,16,18). The average Bonchev–Trinajstić information content (AvgIpc) is 2.34. The Bertz CT molecular complexity index is 438. The molecule has 0 radical (unpaired) electrons. The summed E-state index contributed by atoms with van der Waals surface area (Å²) in [5, 5.41) is 11.9. The van der Waals surface area contributed by atoms with Crippen molar-refractivity contribution in [3.05, 3.63) is 27.1 Å². The molecule has 19 heavy (non-hydrogen) atoms. The van der Waals surface area contributed by atoms with Gasteiger partial charge in [-0.15, -0.1) is 0 Å². The zero-order valence-corrected chi connectivity index (χ0v) is 14.0. The minimum Gasteiger partial charge on any atom is -0.483 e. The normalized spacial score (nSPS) is 12.3. The lowest BCUT2D eigenvalue weighted by Crippen LogP contribution is -2.43. The number of ether oxygens (including phenoxy) is 1. The summed E-state index contributed by atoms with van der Waals surface area (Å²) in [6.45, 7) is 3.72. The number of rotatable bonds is 6. The molecule has 0 heterocycles. The fraction of sp³-hybridized carbons (Fsp3) is 0.462. The fourth-order valence-corrected chi connectivity index (χ4v) is 2.57. The molecule has 0 saturated heterocycles. The zero-order valence-electron chi connectivity index (χ0n) is 10.8. The summed E-state index contributed by atoms with van der Waals surface area (Å²) >= 11 is 6.70. The van der Waals surface area contributed by atoms with Gasteiger partial charge in [-0.05, 0) is 40.0 Å². The Labute approximate surface area is 129 Å². The van der Waals surface area contributed by atoms with E-state index >= 15 is 0 Å². The van der Waals surface area contributed by atoms with E-state index in [1.165, 1.54) is 0 Å². The summed E-state index contributed by atoms with van der Waals surface area (Å²) in [6, 6.07) is 5.21. The van der Waals surface area contributed by atoms with Crippen LogP contribution in [0.5, 0.6) is 5.75 Å². The van der Waals surface area contributed by atoms with Crippen LogP contribution in [-0.4, -0.2) is 30.3 Å². The fourth-order valence-electron chi connectivity index (χ4n) is 1.41. The zero-order chi connectivity index (χ0) is 14.4. The number of carbonyl (C=O) groups is 1. The highest BCUT2D eigenvalue weighted by Gasteiger charge is 2.15. The van der Waals surface area contributed by atoms with Gasteiger partial charge in [0.25, 0.3) is 5.91 Å². The number of carbonyl (C=O) groups excluding carboxylic acids is 1. The first-order chi connectivity index (χ1) is 8.93. The second kappa shape index (κ2) is 7.87. The summed E-state index contributed by atoms with van der Waals surface area (Å²) in [5.41, 5.74) is 0. The number of amides is 1. The van der Waals surface area contributed by atoms with Crippen LogP contribution in [0.1, 0.15) is 13.8 Å². The van der Waals surface area contributed by atoms with Crippen LogP contribution in [0, 0.1) is 5.92 Å². The Morgan fingerprint density at radius 3 is 2.63 bits per heavy atom. The molecule has 0 aliphatic heterocycles. The van der Waals surface area contributed by atoms with E-state index in [1.54, 1.807) is 6.07 Å². The lowest BCUT2D eigenvalue weighted by Gasteiger charge is -2.20. The van der Waals surface area contributed by atoms with Crippen LogP contribution in [0.4, 0.5) is 0 Å². The third kappa shape index (κ3) is 5.50. The van der Waals surface area contributed by atoms with Crippen molar-refractivity contribution in [1.29, 1.82) is 0 Å². The van der Waals surface area contributed by atoms with E-state index in [2.05, 4.69) is 37.2 Å². The van der Waals surface area contributed by atoms with Gasteiger partial charge in [0.1, 0.15) is 5.75 Å². The smallest absolute Gasteiger partial charge is 0.258 e. The van der Waals surface area contributed by atoms with E-state index in [0.29, 0.717) is 5.75 Å². The molecule has 1 aromatic carbocycles. The number of aliphatic hydroxyl groups excluding tert-OH is 1. The third-order valence-corrected chi connectivity index (χ3v) is 3.71. The van der Waals surface area contributed by atoms with Crippen molar-refractivity contribution < 1.29 is 14.6 Å².